The molecule has 4 nitrogen and oxygen atoms in total. The summed E-state index contributed by atoms with van der Waals surface area (Å²) in [5.41, 5.74) is 3.17. The Morgan fingerprint density at radius 3 is 2.57 bits per heavy atom. The number of rotatable bonds is 6. The van der Waals surface area contributed by atoms with Gasteiger partial charge in [0.05, 0.1) is 0 Å². The smallest absolute Gasteiger partial charge is 0.410 e. The highest BCUT2D eigenvalue weighted by Gasteiger charge is 2.07. The van der Waals surface area contributed by atoms with Crippen molar-refractivity contribution in [2.75, 3.05) is 5.32 Å². The summed E-state index contributed by atoms with van der Waals surface area (Å²) in [6, 6.07) is 12.6. The first-order valence-corrected chi connectivity index (χ1v) is 7.76. The minimum Gasteiger partial charge on any atom is -0.410 e. The van der Waals surface area contributed by atoms with Crippen LogP contribution in [0.1, 0.15) is 41.3 Å². The first kappa shape index (κ1) is 16.7. The summed E-state index contributed by atoms with van der Waals surface area (Å²) in [5, 5.41) is 2.62. The molecule has 0 aliphatic rings. The Balaban J connectivity index is 1.95. The second-order valence-corrected chi connectivity index (χ2v) is 5.45. The number of nitrogens with one attached hydrogen (secondary N) is 1. The number of amides is 1. The fraction of sp³-hybridized carbons (Fsp3) is 0.263. The van der Waals surface area contributed by atoms with Gasteiger partial charge >= 0.3 is 6.09 Å². The van der Waals surface area contributed by atoms with Crippen LogP contribution in [0.15, 0.2) is 42.5 Å². The van der Waals surface area contributed by atoms with E-state index in [1.165, 1.54) is 5.56 Å². The molecule has 2 rings (SSSR count). The van der Waals surface area contributed by atoms with Crippen molar-refractivity contribution in [3.05, 3.63) is 59.2 Å². The number of hydrogen-bond acceptors (Lipinski definition) is 3. The minimum atomic E-state index is -0.577. The van der Waals surface area contributed by atoms with Crippen LogP contribution in [-0.2, 0) is 6.42 Å². The number of carbonyl (C=O) groups excluding carboxylic acids is 2. The molecule has 0 fully saturated rings. The molecule has 0 aliphatic heterocycles. The Bertz CT molecular complexity index is 678. The predicted octanol–water partition coefficient (Wildman–Crippen LogP) is 4.76. The van der Waals surface area contributed by atoms with E-state index in [1.807, 2.05) is 19.1 Å². The second kappa shape index (κ2) is 8.13. The Labute approximate surface area is 136 Å². The molecule has 0 bridgehead atoms. The third-order valence-electron chi connectivity index (χ3n) is 3.61. The number of ether oxygens (including phenoxy) is 1. The maximum absolute atomic E-state index is 11.9. The van der Waals surface area contributed by atoms with Crippen molar-refractivity contribution in [2.24, 2.45) is 0 Å². The predicted molar refractivity (Wildman–Crippen MR) is 91.3 cm³/mol. The summed E-state index contributed by atoms with van der Waals surface area (Å²) in [6.07, 6.45) is 3.52. The maximum atomic E-state index is 11.9. The van der Waals surface area contributed by atoms with E-state index in [0.29, 0.717) is 17.0 Å². The molecular weight excluding hydrogens is 290 g/mol. The van der Waals surface area contributed by atoms with Crippen LogP contribution in [0.2, 0.25) is 0 Å². The molecule has 0 saturated carbocycles. The molecule has 0 radical (unpaired) electrons. The van der Waals surface area contributed by atoms with Crippen LogP contribution < -0.4 is 10.1 Å². The zero-order chi connectivity index (χ0) is 16.7. The van der Waals surface area contributed by atoms with Crippen molar-refractivity contribution < 1.29 is 14.3 Å². The SMILES string of the molecule is CCCCc1ccc(OC(=O)Nc2ccc(C)c(C=O)c2)cc1. The van der Waals surface area contributed by atoms with E-state index in [0.717, 1.165) is 31.1 Å². The molecule has 1 amide bonds. The van der Waals surface area contributed by atoms with Gasteiger partial charge in [-0.2, -0.15) is 0 Å². The van der Waals surface area contributed by atoms with Crippen LogP contribution in [0.4, 0.5) is 10.5 Å². The van der Waals surface area contributed by atoms with Crippen molar-refractivity contribution in [1.82, 2.24) is 0 Å². The fourth-order valence-corrected chi connectivity index (χ4v) is 2.20. The van der Waals surface area contributed by atoms with Crippen LogP contribution in [0.3, 0.4) is 0 Å². The van der Waals surface area contributed by atoms with Gasteiger partial charge in [-0.1, -0.05) is 31.5 Å². The molecule has 0 saturated heterocycles. The van der Waals surface area contributed by atoms with Crippen LogP contribution in [0, 0.1) is 6.92 Å². The maximum Gasteiger partial charge on any atom is 0.417 e. The number of benzene rings is 2. The van der Waals surface area contributed by atoms with Gasteiger partial charge in [0.2, 0.25) is 0 Å². The highest BCUT2D eigenvalue weighted by Crippen LogP contribution is 2.17. The lowest BCUT2D eigenvalue weighted by Crippen LogP contribution is -2.16. The average molecular weight is 311 g/mol. The Morgan fingerprint density at radius 1 is 1.17 bits per heavy atom. The van der Waals surface area contributed by atoms with Gasteiger partial charge in [-0.15, -0.1) is 0 Å². The molecule has 0 atom stereocenters. The van der Waals surface area contributed by atoms with Gasteiger partial charge in [0.15, 0.2) is 0 Å². The van der Waals surface area contributed by atoms with Crippen LogP contribution in [0.5, 0.6) is 5.75 Å². The molecule has 23 heavy (non-hydrogen) atoms. The lowest BCUT2D eigenvalue weighted by Gasteiger charge is -2.08. The quantitative estimate of drug-likeness (QED) is 0.782. The summed E-state index contributed by atoms with van der Waals surface area (Å²) in [5.74, 6) is 0.491. The zero-order valence-electron chi connectivity index (χ0n) is 13.5. The normalized spacial score (nSPS) is 10.2. The number of hydrogen-bond donors (Lipinski definition) is 1. The average Bonchev–Trinajstić information content (AvgIpc) is 2.56. The van der Waals surface area contributed by atoms with Gasteiger partial charge < -0.3 is 4.74 Å². The van der Waals surface area contributed by atoms with E-state index >= 15 is 0 Å². The van der Waals surface area contributed by atoms with Crippen molar-refractivity contribution in [2.45, 2.75) is 33.1 Å². The van der Waals surface area contributed by atoms with E-state index in [9.17, 15) is 9.59 Å². The monoisotopic (exact) mass is 311 g/mol. The molecule has 0 unspecified atom stereocenters. The van der Waals surface area contributed by atoms with E-state index < -0.39 is 6.09 Å². The molecule has 0 heterocycles. The van der Waals surface area contributed by atoms with E-state index in [2.05, 4.69) is 12.2 Å². The van der Waals surface area contributed by atoms with E-state index in [-0.39, 0.29) is 0 Å². The van der Waals surface area contributed by atoms with Crippen LogP contribution in [-0.4, -0.2) is 12.4 Å². The summed E-state index contributed by atoms with van der Waals surface area (Å²) < 4.78 is 5.24. The topological polar surface area (TPSA) is 55.4 Å². The molecule has 0 aromatic heterocycles. The largest absolute Gasteiger partial charge is 0.417 e. The van der Waals surface area contributed by atoms with E-state index in [4.69, 9.17) is 4.74 Å². The van der Waals surface area contributed by atoms with Crippen molar-refractivity contribution >= 4 is 18.1 Å². The third kappa shape index (κ3) is 4.95. The number of unbranched alkanes of at least 4 members (excludes halogenated alkanes) is 1. The Morgan fingerprint density at radius 2 is 1.91 bits per heavy atom. The first-order chi connectivity index (χ1) is 11.1. The summed E-state index contributed by atoms with van der Waals surface area (Å²) in [7, 11) is 0. The lowest BCUT2D eigenvalue weighted by molar-refractivity contribution is 0.112. The molecule has 1 N–H and O–H groups in total. The summed E-state index contributed by atoms with van der Waals surface area (Å²) in [4.78, 5) is 22.8. The van der Waals surface area contributed by atoms with Gasteiger partial charge in [0.25, 0.3) is 0 Å². The van der Waals surface area contributed by atoms with Crippen molar-refractivity contribution in [3.63, 3.8) is 0 Å². The third-order valence-corrected chi connectivity index (χ3v) is 3.61. The number of aldehydes is 1. The summed E-state index contributed by atoms with van der Waals surface area (Å²) >= 11 is 0. The molecule has 2 aromatic rings. The Hall–Kier alpha value is -2.62. The molecular formula is C19H21NO3. The van der Waals surface area contributed by atoms with Crippen LogP contribution in [0.25, 0.3) is 0 Å². The number of anilines is 1. The molecule has 120 valence electrons. The van der Waals surface area contributed by atoms with Gasteiger partial charge in [-0.25, -0.2) is 4.79 Å². The second-order valence-electron chi connectivity index (χ2n) is 5.45. The standard InChI is InChI=1S/C19H21NO3/c1-3-4-5-15-7-10-18(11-8-15)23-19(22)20-17-9-6-14(2)16(12-17)13-21/h6-13H,3-5H2,1-2H3,(H,20,22). The number of carbonyl (C=O) groups is 2. The van der Waals surface area contributed by atoms with Gasteiger partial charge in [-0.05, 0) is 55.2 Å². The zero-order valence-corrected chi connectivity index (χ0v) is 13.5. The molecule has 4 heteroatoms. The molecule has 0 spiro atoms. The fourth-order valence-electron chi connectivity index (χ4n) is 2.20. The molecule has 0 aliphatic carbocycles. The lowest BCUT2D eigenvalue weighted by atomic mass is 10.1. The van der Waals surface area contributed by atoms with Crippen LogP contribution >= 0.6 is 0 Å². The van der Waals surface area contributed by atoms with Crippen molar-refractivity contribution in [3.8, 4) is 5.75 Å². The highest BCUT2D eigenvalue weighted by atomic mass is 16.6. The molecule has 2 aromatic carbocycles. The number of aryl methyl sites for hydroxylation is 2. The minimum absolute atomic E-state index is 0.491. The highest BCUT2D eigenvalue weighted by molar-refractivity contribution is 5.88. The van der Waals surface area contributed by atoms with Gasteiger partial charge in [0, 0.05) is 11.3 Å². The first-order valence-electron chi connectivity index (χ1n) is 7.76. The van der Waals surface area contributed by atoms with E-state index in [1.54, 1.807) is 30.3 Å². The van der Waals surface area contributed by atoms with Gasteiger partial charge in [0.1, 0.15) is 12.0 Å². The van der Waals surface area contributed by atoms with Crippen molar-refractivity contribution in [1.29, 1.82) is 0 Å². The van der Waals surface area contributed by atoms with Gasteiger partial charge in [-0.3, -0.25) is 10.1 Å². The Kier molecular flexibility index (Phi) is 5.92. The summed E-state index contributed by atoms with van der Waals surface area (Å²) in [6.45, 7) is 3.99.